The van der Waals surface area contributed by atoms with Crippen LogP contribution < -0.4 is 10.6 Å². The van der Waals surface area contributed by atoms with Crippen LogP contribution in [0.3, 0.4) is 0 Å². The molecule has 2 aliphatic heterocycles. The maximum Gasteiger partial charge on any atom is 0.321 e. The summed E-state index contributed by atoms with van der Waals surface area (Å²) in [4.78, 5) is 40.7. The summed E-state index contributed by atoms with van der Waals surface area (Å²) < 4.78 is 0. The maximum absolute atomic E-state index is 12.6. The maximum atomic E-state index is 12.6. The molecular formula is C18H24N4O3. The van der Waals surface area contributed by atoms with Crippen LogP contribution in [0.2, 0.25) is 0 Å². The molecule has 0 bridgehead atoms. The average Bonchev–Trinajstić information content (AvgIpc) is 2.59. The molecule has 0 saturated carbocycles. The average molecular weight is 344 g/mol. The van der Waals surface area contributed by atoms with Crippen molar-refractivity contribution in [1.29, 1.82) is 0 Å². The summed E-state index contributed by atoms with van der Waals surface area (Å²) in [5.74, 6) is 0.104. The van der Waals surface area contributed by atoms with Crippen LogP contribution in [0.1, 0.15) is 20.3 Å². The van der Waals surface area contributed by atoms with Gasteiger partial charge in [0.05, 0.1) is 6.54 Å². The summed E-state index contributed by atoms with van der Waals surface area (Å²) in [7, 11) is 0. The molecule has 7 nitrogen and oxygen atoms in total. The summed E-state index contributed by atoms with van der Waals surface area (Å²) >= 11 is 0. The topological polar surface area (TPSA) is 81.8 Å². The molecule has 1 aromatic rings. The van der Waals surface area contributed by atoms with E-state index in [1.165, 1.54) is 0 Å². The van der Waals surface area contributed by atoms with Gasteiger partial charge in [-0.25, -0.2) is 4.79 Å². The molecule has 134 valence electrons. The monoisotopic (exact) mass is 344 g/mol. The zero-order valence-corrected chi connectivity index (χ0v) is 14.6. The largest absolute Gasteiger partial charge is 0.342 e. The number of amides is 4. The molecule has 3 rings (SSSR count). The lowest BCUT2D eigenvalue weighted by Gasteiger charge is -2.45. The van der Waals surface area contributed by atoms with Crippen LogP contribution in [0.15, 0.2) is 30.3 Å². The third-order valence-corrected chi connectivity index (χ3v) is 4.60. The smallest absolute Gasteiger partial charge is 0.321 e. The van der Waals surface area contributed by atoms with E-state index in [1.54, 1.807) is 9.80 Å². The number of carbonyl (C=O) groups is 3. The number of nitrogens with zero attached hydrogens (tertiary/aromatic N) is 2. The van der Waals surface area contributed by atoms with Gasteiger partial charge in [-0.2, -0.15) is 0 Å². The van der Waals surface area contributed by atoms with E-state index in [2.05, 4.69) is 10.6 Å². The molecule has 0 aromatic heterocycles. The van der Waals surface area contributed by atoms with Crippen molar-refractivity contribution in [3.05, 3.63) is 30.3 Å². The Balaban J connectivity index is 1.64. The van der Waals surface area contributed by atoms with E-state index >= 15 is 0 Å². The Hall–Kier alpha value is -2.57. The first-order chi connectivity index (χ1) is 12.0. The van der Waals surface area contributed by atoms with Crippen LogP contribution in [0.5, 0.6) is 0 Å². The Morgan fingerprint density at radius 1 is 1.24 bits per heavy atom. The van der Waals surface area contributed by atoms with E-state index in [1.807, 2.05) is 44.2 Å². The van der Waals surface area contributed by atoms with Gasteiger partial charge in [-0.3, -0.25) is 9.59 Å². The van der Waals surface area contributed by atoms with Crippen LogP contribution in [0.4, 0.5) is 10.5 Å². The fourth-order valence-corrected chi connectivity index (χ4v) is 3.34. The molecule has 2 atom stereocenters. The molecule has 7 heteroatoms. The highest BCUT2D eigenvalue weighted by Gasteiger charge is 2.44. The second-order valence-corrected chi connectivity index (χ2v) is 6.98. The second kappa shape index (κ2) is 7.13. The molecule has 1 aromatic carbocycles. The molecule has 2 fully saturated rings. The van der Waals surface area contributed by atoms with Gasteiger partial charge in [0.25, 0.3) is 0 Å². The fourth-order valence-electron chi connectivity index (χ4n) is 3.34. The number of hydrogen-bond acceptors (Lipinski definition) is 3. The summed E-state index contributed by atoms with van der Waals surface area (Å²) in [5.41, 5.74) is 0.705. The van der Waals surface area contributed by atoms with Crippen molar-refractivity contribution in [3.8, 4) is 0 Å². The number of anilines is 1. The number of hydrogen-bond donors (Lipinski definition) is 2. The van der Waals surface area contributed by atoms with Crippen LogP contribution >= 0.6 is 0 Å². The Morgan fingerprint density at radius 2 is 1.96 bits per heavy atom. The number of fused-ring (bicyclic) bond motifs is 1. The van der Waals surface area contributed by atoms with Gasteiger partial charge >= 0.3 is 6.03 Å². The SMILES string of the molecule is CC(C)C[C@@H]1NC(=O)[C@H]2CN(C(=O)Nc3ccccc3)CCN2C1=O. The minimum absolute atomic E-state index is 0.0404. The Labute approximate surface area is 147 Å². The molecule has 2 aliphatic rings. The van der Waals surface area contributed by atoms with E-state index in [-0.39, 0.29) is 24.4 Å². The first-order valence-corrected chi connectivity index (χ1v) is 8.67. The van der Waals surface area contributed by atoms with Crippen molar-refractivity contribution >= 4 is 23.5 Å². The summed E-state index contributed by atoms with van der Waals surface area (Å²) in [6.45, 7) is 5.07. The Bertz CT molecular complexity index is 662. The summed E-state index contributed by atoms with van der Waals surface area (Å²) in [6, 6.07) is 7.86. The fraction of sp³-hybridized carbons (Fsp3) is 0.500. The zero-order chi connectivity index (χ0) is 18.0. The number of nitrogens with one attached hydrogen (secondary N) is 2. The second-order valence-electron chi connectivity index (χ2n) is 6.98. The van der Waals surface area contributed by atoms with Crippen molar-refractivity contribution < 1.29 is 14.4 Å². The number of benzene rings is 1. The first-order valence-electron chi connectivity index (χ1n) is 8.67. The normalized spacial score (nSPS) is 23.3. The summed E-state index contributed by atoms with van der Waals surface area (Å²) in [5, 5.41) is 5.64. The van der Waals surface area contributed by atoms with Gasteiger partial charge in [-0.1, -0.05) is 32.0 Å². The zero-order valence-electron chi connectivity index (χ0n) is 14.6. The highest BCUT2D eigenvalue weighted by molar-refractivity contribution is 5.98. The van der Waals surface area contributed by atoms with Gasteiger partial charge in [0, 0.05) is 18.8 Å². The van der Waals surface area contributed by atoms with Crippen molar-refractivity contribution in [3.63, 3.8) is 0 Å². The van der Waals surface area contributed by atoms with E-state index in [9.17, 15) is 14.4 Å². The number of carbonyl (C=O) groups excluding carboxylic acids is 3. The van der Waals surface area contributed by atoms with Gasteiger partial charge < -0.3 is 20.4 Å². The predicted molar refractivity (Wildman–Crippen MR) is 93.9 cm³/mol. The van der Waals surface area contributed by atoms with Crippen molar-refractivity contribution in [2.45, 2.75) is 32.4 Å². The first kappa shape index (κ1) is 17.3. The summed E-state index contributed by atoms with van der Waals surface area (Å²) in [6.07, 6.45) is 0.631. The Morgan fingerprint density at radius 3 is 2.64 bits per heavy atom. The molecule has 2 N–H and O–H groups in total. The molecular weight excluding hydrogens is 320 g/mol. The van der Waals surface area contributed by atoms with Gasteiger partial charge in [0.15, 0.2) is 0 Å². The van der Waals surface area contributed by atoms with Crippen LogP contribution in [-0.4, -0.2) is 59.4 Å². The number of piperazine rings is 2. The molecule has 0 unspecified atom stereocenters. The van der Waals surface area contributed by atoms with Gasteiger partial charge in [-0.15, -0.1) is 0 Å². The number of rotatable bonds is 3. The van der Waals surface area contributed by atoms with Gasteiger partial charge in [0.1, 0.15) is 12.1 Å². The molecule has 2 heterocycles. The quantitative estimate of drug-likeness (QED) is 0.866. The molecule has 0 aliphatic carbocycles. The van der Waals surface area contributed by atoms with Crippen LogP contribution in [0.25, 0.3) is 0 Å². The highest BCUT2D eigenvalue weighted by atomic mass is 16.2. The van der Waals surface area contributed by atoms with Gasteiger partial charge in [-0.05, 0) is 24.5 Å². The lowest BCUT2D eigenvalue weighted by molar-refractivity contribution is -0.152. The van der Waals surface area contributed by atoms with E-state index in [0.29, 0.717) is 31.1 Å². The molecule has 0 radical (unpaired) electrons. The predicted octanol–water partition coefficient (Wildman–Crippen LogP) is 1.28. The van der Waals surface area contributed by atoms with Crippen molar-refractivity contribution in [1.82, 2.24) is 15.1 Å². The lowest BCUT2D eigenvalue weighted by atomic mass is 9.97. The minimum Gasteiger partial charge on any atom is -0.342 e. The number of para-hydroxylation sites is 1. The highest BCUT2D eigenvalue weighted by Crippen LogP contribution is 2.20. The van der Waals surface area contributed by atoms with Crippen molar-refractivity contribution in [2.75, 3.05) is 25.0 Å². The van der Waals surface area contributed by atoms with Crippen molar-refractivity contribution in [2.24, 2.45) is 5.92 Å². The van der Waals surface area contributed by atoms with E-state index < -0.39 is 12.1 Å². The molecule has 0 spiro atoms. The van der Waals surface area contributed by atoms with Crippen LogP contribution in [0, 0.1) is 5.92 Å². The van der Waals surface area contributed by atoms with Crippen LogP contribution in [-0.2, 0) is 9.59 Å². The molecule has 25 heavy (non-hydrogen) atoms. The Kier molecular flexibility index (Phi) is 4.92. The minimum atomic E-state index is -0.605. The number of urea groups is 1. The molecule has 4 amide bonds. The standard InChI is InChI=1S/C18H24N4O3/c1-12(2)10-14-17(24)22-9-8-21(11-15(22)16(23)20-14)18(25)19-13-6-4-3-5-7-13/h3-7,12,14-15H,8-11H2,1-2H3,(H,19,25)(H,20,23)/t14-,15+/m0/s1. The lowest BCUT2D eigenvalue weighted by Crippen LogP contribution is -2.70. The molecule has 2 saturated heterocycles. The third kappa shape index (κ3) is 3.75. The van der Waals surface area contributed by atoms with Gasteiger partial charge in [0.2, 0.25) is 11.8 Å². The van der Waals surface area contributed by atoms with E-state index in [0.717, 1.165) is 0 Å². The van der Waals surface area contributed by atoms with E-state index in [4.69, 9.17) is 0 Å². The third-order valence-electron chi connectivity index (χ3n) is 4.60.